The van der Waals surface area contributed by atoms with Crippen LogP contribution >= 0.6 is 0 Å². The third kappa shape index (κ3) is 2.43. The van der Waals surface area contributed by atoms with E-state index in [2.05, 4.69) is 25.9 Å². The topological polar surface area (TPSA) is 42.7 Å². The van der Waals surface area contributed by atoms with Crippen molar-refractivity contribution < 1.29 is 0 Å². The fourth-order valence-corrected chi connectivity index (χ4v) is 2.56. The first-order valence-corrected chi connectivity index (χ1v) is 6.53. The smallest absolute Gasteiger partial charge is 0.0948 e. The van der Waals surface area contributed by atoms with E-state index >= 15 is 0 Å². The molecule has 1 unspecified atom stereocenters. The van der Waals surface area contributed by atoms with Gasteiger partial charge in [0.25, 0.3) is 0 Å². The lowest BCUT2D eigenvalue weighted by atomic mass is 10.1. The largest absolute Gasteiger partial charge is 0.334 e. The van der Waals surface area contributed by atoms with E-state index in [0.29, 0.717) is 5.92 Å². The summed E-state index contributed by atoms with van der Waals surface area (Å²) in [5.74, 6) is 0.626. The van der Waals surface area contributed by atoms with Crippen LogP contribution in [0.25, 0.3) is 0 Å². The Morgan fingerprint density at radius 3 is 3.11 bits per heavy atom. The van der Waals surface area contributed by atoms with Gasteiger partial charge in [-0.3, -0.25) is 4.98 Å². The number of hydrogen-bond donors (Lipinski definition) is 1. The molecular formula is C14H18N4. The zero-order valence-electron chi connectivity index (χ0n) is 10.4. The van der Waals surface area contributed by atoms with Crippen LogP contribution < -0.4 is 5.32 Å². The molecule has 2 aromatic rings. The minimum Gasteiger partial charge on any atom is -0.334 e. The van der Waals surface area contributed by atoms with Crippen molar-refractivity contribution in [3.05, 3.63) is 48.3 Å². The molecule has 2 aromatic heterocycles. The highest BCUT2D eigenvalue weighted by Crippen LogP contribution is 2.22. The number of imidazole rings is 1. The van der Waals surface area contributed by atoms with Crippen molar-refractivity contribution in [3.8, 4) is 0 Å². The van der Waals surface area contributed by atoms with Crippen molar-refractivity contribution in [1.82, 2.24) is 19.9 Å². The van der Waals surface area contributed by atoms with Crippen LogP contribution in [0.2, 0.25) is 0 Å². The first-order chi connectivity index (χ1) is 8.93. The van der Waals surface area contributed by atoms with Gasteiger partial charge in [-0.1, -0.05) is 6.07 Å². The predicted octanol–water partition coefficient (Wildman–Crippen LogP) is 1.60. The number of rotatable bonds is 4. The van der Waals surface area contributed by atoms with E-state index in [4.69, 9.17) is 0 Å². The standard InChI is InChI=1S/C14H18N4/c1-2-12(8-15-5-1)4-7-18-11-17-10-14(18)13-3-6-16-9-13/h1-2,5,8,10-11,13,16H,3-4,6-7,9H2. The number of nitrogens with one attached hydrogen (secondary N) is 1. The van der Waals surface area contributed by atoms with Gasteiger partial charge < -0.3 is 9.88 Å². The number of aryl methyl sites for hydroxylation is 2. The fraction of sp³-hybridized carbons (Fsp3) is 0.429. The average molecular weight is 242 g/mol. The van der Waals surface area contributed by atoms with Crippen LogP contribution in [0, 0.1) is 0 Å². The highest BCUT2D eigenvalue weighted by molar-refractivity contribution is 5.12. The Morgan fingerprint density at radius 1 is 1.33 bits per heavy atom. The summed E-state index contributed by atoms with van der Waals surface area (Å²) >= 11 is 0. The summed E-state index contributed by atoms with van der Waals surface area (Å²) in [4.78, 5) is 8.45. The molecule has 18 heavy (non-hydrogen) atoms. The van der Waals surface area contributed by atoms with Crippen molar-refractivity contribution in [2.24, 2.45) is 0 Å². The van der Waals surface area contributed by atoms with Crippen LogP contribution in [0.1, 0.15) is 23.6 Å². The van der Waals surface area contributed by atoms with Crippen LogP contribution in [0.3, 0.4) is 0 Å². The first-order valence-electron chi connectivity index (χ1n) is 6.53. The van der Waals surface area contributed by atoms with Gasteiger partial charge in [-0.05, 0) is 31.0 Å². The lowest BCUT2D eigenvalue weighted by Crippen LogP contribution is -2.12. The molecule has 0 bridgehead atoms. The SMILES string of the molecule is c1cncc(CCn2cncc2C2CCNC2)c1. The van der Waals surface area contributed by atoms with Crippen LogP contribution in [0.5, 0.6) is 0 Å². The molecule has 1 saturated heterocycles. The summed E-state index contributed by atoms with van der Waals surface area (Å²) < 4.78 is 2.28. The van der Waals surface area contributed by atoms with Gasteiger partial charge in [0, 0.05) is 43.3 Å². The second kappa shape index (κ2) is 5.31. The van der Waals surface area contributed by atoms with Crippen LogP contribution in [-0.4, -0.2) is 27.6 Å². The van der Waals surface area contributed by atoms with E-state index < -0.39 is 0 Å². The van der Waals surface area contributed by atoms with Crippen LogP contribution in [0.15, 0.2) is 37.1 Å². The quantitative estimate of drug-likeness (QED) is 0.885. The third-order valence-electron chi connectivity index (χ3n) is 3.59. The summed E-state index contributed by atoms with van der Waals surface area (Å²) in [5, 5.41) is 3.41. The number of pyridine rings is 1. The Morgan fingerprint density at radius 2 is 2.33 bits per heavy atom. The van der Waals surface area contributed by atoms with Gasteiger partial charge in [0.2, 0.25) is 0 Å². The summed E-state index contributed by atoms with van der Waals surface area (Å²) in [6.07, 6.45) is 9.95. The maximum atomic E-state index is 4.30. The molecule has 0 spiro atoms. The van der Waals surface area contributed by atoms with Crippen molar-refractivity contribution in [3.63, 3.8) is 0 Å². The average Bonchev–Trinajstić information content (AvgIpc) is 3.08. The van der Waals surface area contributed by atoms with Gasteiger partial charge in [-0.15, -0.1) is 0 Å². The molecule has 3 rings (SSSR count). The minimum absolute atomic E-state index is 0.626. The third-order valence-corrected chi connectivity index (χ3v) is 3.59. The van der Waals surface area contributed by atoms with E-state index in [-0.39, 0.29) is 0 Å². The summed E-state index contributed by atoms with van der Waals surface area (Å²) in [6, 6.07) is 4.12. The van der Waals surface area contributed by atoms with Gasteiger partial charge in [0.1, 0.15) is 0 Å². The molecule has 1 aliphatic heterocycles. The Hall–Kier alpha value is -1.68. The summed E-state index contributed by atoms with van der Waals surface area (Å²) in [5.41, 5.74) is 2.64. The van der Waals surface area contributed by atoms with Gasteiger partial charge >= 0.3 is 0 Å². The minimum atomic E-state index is 0.626. The van der Waals surface area contributed by atoms with Crippen molar-refractivity contribution in [2.75, 3.05) is 13.1 Å². The second-order valence-electron chi connectivity index (χ2n) is 4.81. The molecule has 3 heterocycles. The second-order valence-corrected chi connectivity index (χ2v) is 4.81. The normalized spacial score (nSPS) is 19.2. The molecule has 0 radical (unpaired) electrons. The van der Waals surface area contributed by atoms with Crippen molar-refractivity contribution in [2.45, 2.75) is 25.3 Å². The van der Waals surface area contributed by atoms with E-state index in [0.717, 1.165) is 26.1 Å². The maximum Gasteiger partial charge on any atom is 0.0948 e. The van der Waals surface area contributed by atoms with E-state index in [1.165, 1.54) is 17.7 Å². The number of nitrogens with zero attached hydrogens (tertiary/aromatic N) is 3. The molecule has 0 amide bonds. The van der Waals surface area contributed by atoms with Crippen molar-refractivity contribution in [1.29, 1.82) is 0 Å². The van der Waals surface area contributed by atoms with Gasteiger partial charge in [0.05, 0.1) is 6.33 Å². The molecule has 1 N–H and O–H groups in total. The zero-order valence-corrected chi connectivity index (χ0v) is 10.4. The van der Waals surface area contributed by atoms with Gasteiger partial charge in [-0.2, -0.15) is 0 Å². The van der Waals surface area contributed by atoms with Gasteiger partial charge in [0.15, 0.2) is 0 Å². The summed E-state index contributed by atoms with van der Waals surface area (Å²) in [6.45, 7) is 3.19. The Balaban J connectivity index is 1.68. The number of aromatic nitrogens is 3. The highest BCUT2D eigenvalue weighted by Gasteiger charge is 2.19. The number of hydrogen-bond acceptors (Lipinski definition) is 3. The molecule has 0 aromatic carbocycles. The molecule has 0 aliphatic carbocycles. The molecule has 4 nitrogen and oxygen atoms in total. The Bertz CT molecular complexity index is 486. The predicted molar refractivity (Wildman–Crippen MR) is 70.4 cm³/mol. The monoisotopic (exact) mass is 242 g/mol. The highest BCUT2D eigenvalue weighted by atomic mass is 15.1. The Labute approximate surface area is 107 Å². The van der Waals surface area contributed by atoms with Crippen molar-refractivity contribution >= 4 is 0 Å². The molecular weight excluding hydrogens is 224 g/mol. The lowest BCUT2D eigenvalue weighted by molar-refractivity contribution is 0.612. The molecule has 4 heteroatoms. The van der Waals surface area contributed by atoms with E-state index in [9.17, 15) is 0 Å². The molecule has 94 valence electrons. The maximum absolute atomic E-state index is 4.30. The molecule has 0 saturated carbocycles. The Kier molecular flexibility index (Phi) is 3.37. The van der Waals surface area contributed by atoms with E-state index in [1.54, 1.807) is 0 Å². The van der Waals surface area contributed by atoms with Crippen LogP contribution in [-0.2, 0) is 13.0 Å². The zero-order chi connectivity index (χ0) is 12.2. The lowest BCUT2D eigenvalue weighted by Gasteiger charge is -2.12. The fourth-order valence-electron chi connectivity index (χ4n) is 2.56. The van der Waals surface area contributed by atoms with E-state index in [1.807, 2.05) is 31.0 Å². The molecule has 1 fully saturated rings. The van der Waals surface area contributed by atoms with Gasteiger partial charge in [-0.25, -0.2) is 4.98 Å². The molecule has 1 aliphatic rings. The first kappa shape index (κ1) is 11.4. The summed E-state index contributed by atoms with van der Waals surface area (Å²) in [7, 11) is 0. The van der Waals surface area contributed by atoms with Crippen LogP contribution in [0.4, 0.5) is 0 Å². The molecule has 1 atom stereocenters.